The first-order chi connectivity index (χ1) is 11.3. The van der Waals surface area contributed by atoms with E-state index >= 15 is 0 Å². The summed E-state index contributed by atoms with van der Waals surface area (Å²) in [6.45, 7) is -0.156. The van der Waals surface area contributed by atoms with Gasteiger partial charge in [-0.25, -0.2) is 8.42 Å². The number of hydrogen-bond donors (Lipinski definition) is 2. The molecule has 1 atom stereocenters. The molecule has 2 rings (SSSR count). The van der Waals surface area contributed by atoms with Gasteiger partial charge in [0.05, 0.1) is 13.7 Å². The number of amides is 2. The Bertz CT molecular complexity index is 753. The second-order valence-corrected chi connectivity index (χ2v) is 7.55. The number of carbonyl (C=O) groups is 2. The van der Waals surface area contributed by atoms with E-state index in [4.69, 9.17) is 22.1 Å². The van der Waals surface area contributed by atoms with E-state index in [1.165, 1.54) is 25.3 Å². The van der Waals surface area contributed by atoms with Crippen LogP contribution in [-0.2, 0) is 19.6 Å². The Labute approximate surface area is 144 Å². The number of carbonyl (C=O) groups excluding carboxylic acids is 2. The summed E-state index contributed by atoms with van der Waals surface area (Å²) in [6.07, 6.45) is 0.878. The zero-order valence-corrected chi connectivity index (χ0v) is 14.6. The Balaban J connectivity index is 2.32. The summed E-state index contributed by atoms with van der Waals surface area (Å²) in [4.78, 5) is 22.9. The standard InChI is InChI=1S/C14H18ClN3O5S/c1-23-11-5-4-9(15)7-12(11)24(21,22)18-6-2-3-10(18)14(20)17-8-13(16)19/h4-5,7,10H,2-3,6,8H2,1H3,(H2,16,19)(H,17,20). The number of methoxy groups -OCH3 is 1. The molecule has 0 bridgehead atoms. The molecular weight excluding hydrogens is 358 g/mol. The van der Waals surface area contributed by atoms with Gasteiger partial charge in [0, 0.05) is 11.6 Å². The molecule has 1 unspecified atom stereocenters. The topological polar surface area (TPSA) is 119 Å². The van der Waals surface area contributed by atoms with E-state index < -0.39 is 27.9 Å². The second-order valence-electron chi connectivity index (χ2n) is 5.25. The predicted molar refractivity (Wildman–Crippen MR) is 87.1 cm³/mol. The Kier molecular flexibility index (Phi) is 5.68. The molecule has 1 saturated heterocycles. The minimum absolute atomic E-state index is 0.105. The zero-order chi connectivity index (χ0) is 17.9. The minimum Gasteiger partial charge on any atom is -0.495 e. The van der Waals surface area contributed by atoms with Crippen LogP contribution in [0.15, 0.2) is 23.1 Å². The number of nitrogens with zero attached hydrogens (tertiary/aromatic N) is 1. The van der Waals surface area contributed by atoms with Crippen molar-refractivity contribution in [3.8, 4) is 5.75 Å². The maximum atomic E-state index is 12.9. The van der Waals surface area contributed by atoms with E-state index in [0.29, 0.717) is 12.8 Å². The van der Waals surface area contributed by atoms with Crippen LogP contribution >= 0.6 is 11.6 Å². The maximum absolute atomic E-state index is 12.9. The summed E-state index contributed by atoms with van der Waals surface area (Å²) >= 11 is 5.90. The fourth-order valence-corrected chi connectivity index (χ4v) is 4.64. The molecule has 24 heavy (non-hydrogen) atoms. The van der Waals surface area contributed by atoms with Crippen molar-refractivity contribution in [2.45, 2.75) is 23.8 Å². The fraction of sp³-hybridized carbons (Fsp3) is 0.429. The normalized spacial score (nSPS) is 18.3. The number of nitrogens with one attached hydrogen (secondary N) is 1. The van der Waals surface area contributed by atoms with Crippen LogP contribution in [0.1, 0.15) is 12.8 Å². The Morgan fingerprint density at radius 2 is 2.17 bits per heavy atom. The molecule has 1 aromatic rings. The summed E-state index contributed by atoms with van der Waals surface area (Å²) in [5.41, 5.74) is 4.99. The number of sulfonamides is 1. The van der Waals surface area contributed by atoms with Gasteiger partial charge in [-0.2, -0.15) is 4.31 Å². The van der Waals surface area contributed by atoms with Crippen LogP contribution in [0.25, 0.3) is 0 Å². The first-order valence-corrected chi connectivity index (χ1v) is 9.00. The number of halogens is 1. The molecule has 1 aliphatic rings. The molecular formula is C14H18ClN3O5S. The van der Waals surface area contributed by atoms with Gasteiger partial charge in [-0.15, -0.1) is 0 Å². The molecule has 1 heterocycles. The van der Waals surface area contributed by atoms with Crippen LogP contribution in [0.4, 0.5) is 0 Å². The number of rotatable bonds is 6. The van der Waals surface area contributed by atoms with Gasteiger partial charge in [-0.1, -0.05) is 11.6 Å². The van der Waals surface area contributed by atoms with Gasteiger partial charge in [0.2, 0.25) is 21.8 Å². The zero-order valence-electron chi connectivity index (χ0n) is 13.0. The molecule has 3 N–H and O–H groups in total. The third-order valence-corrected chi connectivity index (χ3v) is 5.82. The van der Waals surface area contributed by atoms with Crippen molar-refractivity contribution in [1.29, 1.82) is 0 Å². The Morgan fingerprint density at radius 3 is 2.79 bits per heavy atom. The molecule has 1 aromatic carbocycles. The van der Waals surface area contributed by atoms with Crippen molar-refractivity contribution >= 4 is 33.4 Å². The highest BCUT2D eigenvalue weighted by atomic mass is 35.5. The lowest BCUT2D eigenvalue weighted by Gasteiger charge is -2.24. The lowest BCUT2D eigenvalue weighted by molar-refractivity contribution is -0.127. The van der Waals surface area contributed by atoms with E-state index in [0.717, 1.165) is 4.31 Å². The lowest BCUT2D eigenvalue weighted by atomic mass is 10.2. The average molecular weight is 376 g/mol. The second kappa shape index (κ2) is 7.37. The van der Waals surface area contributed by atoms with E-state index in [2.05, 4.69) is 5.32 Å². The van der Waals surface area contributed by atoms with Crippen molar-refractivity contribution in [2.75, 3.05) is 20.2 Å². The maximum Gasteiger partial charge on any atom is 0.247 e. The monoisotopic (exact) mass is 375 g/mol. The molecule has 0 radical (unpaired) electrons. The van der Waals surface area contributed by atoms with Crippen LogP contribution in [0, 0.1) is 0 Å². The number of ether oxygens (including phenoxy) is 1. The minimum atomic E-state index is -3.99. The Hall–Kier alpha value is -1.84. The van der Waals surface area contributed by atoms with Gasteiger partial charge >= 0.3 is 0 Å². The number of primary amides is 1. The number of benzene rings is 1. The molecule has 1 fully saturated rings. The van der Waals surface area contributed by atoms with Gasteiger partial charge < -0.3 is 15.8 Å². The van der Waals surface area contributed by atoms with Crippen LogP contribution in [-0.4, -0.2) is 50.8 Å². The van der Waals surface area contributed by atoms with E-state index in [9.17, 15) is 18.0 Å². The molecule has 10 heteroatoms. The summed E-state index contributed by atoms with van der Waals surface area (Å²) in [6, 6.07) is 3.35. The third-order valence-electron chi connectivity index (χ3n) is 3.66. The smallest absolute Gasteiger partial charge is 0.247 e. The van der Waals surface area contributed by atoms with Crippen molar-refractivity contribution < 1.29 is 22.7 Å². The number of hydrogen-bond acceptors (Lipinski definition) is 5. The SMILES string of the molecule is COc1ccc(Cl)cc1S(=O)(=O)N1CCCC1C(=O)NCC(N)=O. The van der Waals surface area contributed by atoms with Crippen LogP contribution in [0.5, 0.6) is 5.75 Å². The highest BCUT2D eigenvalue weighted by Gasteiger charge is 2.40. The van der Waals surface area contributed by atoms with Gasteiger partial charge in [-0.3, -0.25) is 9.59 Å². The first kappa shape index (κ1) is 18.5. The summed E-state index contributed by atoms with van der Waals surface area (Å²) in [7, 11) is -2.64. The fourth-order valence-electron chi connectivity index (χ4n) is 2.56. The van der Waals surface area contributed by atoms with Gasteiger partial charge in [0.25, 0.3) is 0 Å². The highest BCUT2D eigenvalue weighted by Crippen LogP contribution is 2.33. The molecule has 1 aliphatic heterocycles. The number of nitrogens with two attached hydrogens (primary N) is 1. The van der Waals surface area contributed by atoms with Crippen LogP contribution in [0.2, 0.25) is 5.02 Å². The highest BCUT2D eigenvalue weighted by molar-refractivity contribution is 7.89. The van der Waals surface area contributed by atoms with Crippen LogP contribution < -0.4 is 15.8 Å². The molecule has 0 aliphatic carbocycles. The molecule has 8 nitrogen and oxygen atoms in total. The summed E-state index contributed by atoms with van der Waals surface area (Å²) in [5, 5.41) is 2.58. The summed E-state index contributed by atoms with van der Waals surface area (Å²) < 4.78 is 32.1. The lowest BCUT2D eigenvalue weighted by Crippen LogP contribution is -2.47. The molecule has 0 saturated carbocycles. The van der Waals surface area contributed by atoms with Gasteiger partial charge in [0.1, 0.15) is 16.7 Å². The van der Waals surface area contributed by atoms with Crippen molar-refractivity contribution in [3.05, 3.63) is 23.2 Å². The van der Waals surface area contributed by atoms with Crippen molar-refractivity contribution in [3.63, 3.8) is 0 Å². The largest absolute Gasteiger partial charge is 0.495 e. The molecule has 0 spiro atoms. The van der Waals surface area contributed by atoms with Crippen molar-refractivity contribution in [1.82, 2.24) is 9.62 Å². The van der Waals surface area contributed by atoms with Crippen LogP contribution in [0.3, 0.4) is 0 Å². The van der Waals surface area contributed by atoms with Gasteiger partial charge in [-0.05, 0) is 31.0 Å². The van der Waals surface area contributed by atoms with E-state index in [1.54, 1.807) is 0 Å². The summed E-state index contributed by atoms with van der Waals surface area (Å²) in [5.74, 6) is -1.12. The van der Waals surface area contributed by atoms with Crippen molar-refractivity contribution in [2.24, 2.45) is 5.73 Å². The first-order valence-electron chi connectivity index (χ1n) is 7.18. The van der Waals surface area contributed by atoms with E-state index in [-0.39, 0.29) is 28.8 Å². The Morgan fingerprint density at radius 1 is 1.46 bits per heavy atom. The quantitative estimate of drug-likeness (QED) is 0.731. The molecule has 132 valence electrons. The van der Waals surface area contributed by atoms with E-state index in [1.807, 2.05) is 0 Å². The van der Waals surface area contributed by atoms with Gasteiger partial charge in [0.15, 0.2) is 0 Å². The predicted octanol–water partition coefficient (Wildman–Crippen LogP) is 0.103. The average Bonchev–Trinajstić information content (AvgIpc) is 3.03. The third kappa shape index (κ3) is 3.80. The molecule has 2 amide bonds. The molecule has 0 aromatic heterocycles.